The smallest absolute Gasteiger partial charge is 0.308 e. The zero-order chi connectivity index (χ0) is 49.3. The van der Waals surface area contributed by atoms with Gasteiger partial charge in [0.05, 0.1) is 44.6 Å². The molecule has 12 rings (SSSR count). The molecule has 72 heavy (non-hydrogen) atoms. The van der Waals surface area contributed by atoms with Crippen LogP contribution in [0.3, 0.4) is 0 Å². The fraction of sp³-hybridized carbons (Fsp3) is 0.0317. The Morgan fingerprint density at radius 1 is 0.333 bits per heavy atom. The maximum atomic E-state index is 15.4. The highest BCUT2D eigenvalue weighted by molar-refractivity contribution is 6.14. The minimum absolute atomic E-state index is 0.131. The molecule has 0 aliphatic rings. The molecule has 346 valence electrons. The van der Waals surface area contributed by atoms with E-state index in [1.54, 1.807) is 4.57 Å². The van der Waals surface area contributed by atoms with Gasteiger partial charge in [0.25, 0.3) is 0 Å². The molecule has 0 spiro atoms. The molecule has 0 saturated heterocycles. The molecule has 0 N–H and O–H groups in total. The zero-order valence-electron chi connectivity index (χ0n) is 38.0. The molecule has 12 aromatic rings. The molecule has 0 atom stereocenters. The zero-order valence-corrected chi connectivity index (χ0v) is 38.0. The predicted molar refractivity (Wildman–Crippen MR) is 277 cm³/mol. The fourth-order valence-corrected chi connectivity index (χ4v) is 10.4. The summed E-state index contributed by atoms with van der Waals surface area (Å²) in [5.41, 5.74) is 5.21. The molecule has 0 aliphatic carbocycles. The van der Waals surface area contributed by atoms with Crippen molar-refractivity contribution >= 4 is 43.6 Å². The third-order valence-corrected chi connectivity index (χ3v) is 13.6. The van der Waals surface area contributed by atoms with Crippen LogP contribution in [0.25, 0.3) is 111 Å². The number of aromatic nitrogens is 2. The van der Waals surface area contributed by atoms with Gasteiger partial charge in [0, 0.05) is 32.7 Å². The highest BCUT2D eigenvalue weighted by Crippen LogP contribution is 2.50. The first kappa shape index (κ1) is 44.1. The van der Waals surface area contributed by atoms with Crippen molar-refractivity contribution in [3.8, 4) is 73.1 Å². The van der Waals surface area contributed by atoms with Crippen LogP contribution >= 0.6 is 0 Å². The van der Waals surface area contributed by atoms with E-state index >= 15 is 26.3 Å². The molecule has 2 heterocycles. The summed E-state index contributed by atoms with van der Waals surface area (Å²) in [5, 5.41) is 14.8. The second-order valence-corrected chi connectivity index (χ2v) is 17.8. The number of nitriles is 1. The molecule has 9 heteroatoms. The van der Waals surface area contributed by atoms with Crippen molar-refractivity contribution in [3.05, 3.63) is 241 Å². The quantitative estimate of drug-likeness (QED) is 0.147. The van der Waals surface area contributed by atoms with E-state index in [0.29, 0.717) is 45.0 Å². The van der Waals surface area contributed by atoms with E-state index < -0.39 is 34.6 Å². The summed E-state index contributed by atoms with van der Waals surface area (Å²) in [4.78, 5) is 0. The Morgan fingerprint density at radius 2 is 0.667 bits per heavy atom. The van der Waals surface area contributed by atoms with Gasteiger partial charge in [0.2, 0.25) is 0 Å². The highest BCUT2D eigenvalue weighted by atomic mass is 19.4. The Kier molecular flexibility index (Phi) is 10.5. The van der Waals surface area contributed by atoms with Crippen LogP contribution in [0.1, 0.15) is 16.7 Å². The number of nitrogens with zero attached hydrogens (tertiary/aromatic N) is 3. The first-order valence-corrected chi connectivity index (χ1v) is 23.2. The Hall–Kier alpha value is -9.13. The van der Waals surface area contributed by atoms with Crippen LogP contribution in [0.4, 0.5) is 26.3 Å². The standard InChI is InChI=1S/C63H37F6N3/c64-62(65,66)53-22-13-23-54(63(67,68)69)60(53)47-28-33-59(71-55-29-24-43(39-14-5-1-6-15-39)34-48(55)49-35-44(25-30-56(49)71)40-16-7-2-8-17-40)52(38-70)61(47)72-57-31-26-45(41-18-9-3-10-19-41)36-50(57)51-37-46(27-32-58(51)72)42-20-11-4-12-21-42/h1-37H. The minimum atomic E-state index is -5.21. The van der Waals surface area contributed by atoms with Gasteiger partial charge in [0.15, 0.2) is 0 Å². The van der Waals surface area contributed by atoms with E-state index in [4.69, 9.17) is 0 Å². The lowest BCUT2D eigenvalue weighted by molar-refractivity contribution is -0.142. The van der Waals surface area contributed by atoms with Gasteiger partial charge < -0.3 is 9.13 Å². The number of hydrogen-bond acceptors (Lipinski definition) is 1. The predicted octanol–water partition coefficient (Wildman–Crippen LogP) is 18.1. The topological polar surface area (TPSA) is 33.6 Å². The first-order valence-electron chi connectivity index (χ1n) is 23.2. The second kappa shape index (κ2) is 17.1. The van der Waals surface area contributed by atoms with E-state index in [0.717, 1.165) is 61.3 Å². The second-order valence-electron chi connectivity index (χ2n) is 17.8. The molecule has 0 fully saturated rings. The van der Waals surface area contributed by atoms with Crippen LogP contribution in [0.2, 0.25) is 0 Å². The van der Waals surface area contributed by atoms with Crippen LogP contribution < -0.4 is 0 Å². The lowest BCUT2D eigenvalue weighted by Gasteiger charge is -2.24. The lowest BCUT2D eigenvalue weighted by Crippen LogP contribution is -2.16. The summed E-state index contributed by atoms with van der Waals surface area (Å²) >= 11 is 0. The van der Waals surface area contributed by atoms with Crippen LogP contribution in [0.15, 0.2) is 224 Å². The first-order chi connectivity index (χ1) is 35.0. The van der Waals surface area contributed by atoms with Gasteiger partial charge in [-0.3, -0.25) is 0 Å². The van der Waals surface area contributed by atoms with Crippen molar-refractivity contribution in [1.82, 2.24) is 9.13 Å². The Bertz CT molecular complexity index is 3880. The van der Waals surface area contributed by atoms with Crippen LogP contribution in [-0.4, -0.2) is 9.13 Å². The summed E-state index contributed by atoms with van der Waals surface area (Å²) in [6, 6.07) is 69.8. The van der Waals surface area contributed by atoms with Crippen molar-refractivity contribution in [1.29, 1.82) is 5.26 Å². The van der Waals surface area contributed by atoms with Crippen molar-refractivity contribution in [2.45, 2.75) is 12.4 Å². The molecule has 0 saturated carbocycles. The maximum Gasteiger partial charge on any atom is 0.417 e. The van der Waals surface area contributed by atoms with Crippen LogP contribution in [-0.2, 0) is 12.4 Å². The molecule has 3 nitrogen and oxygen atoms in total. The van der Waals surface area contributed by atoms with Crippen molar-refractivity contribution < 1.29 is 26.3 Å². The fourth-order valence-electron chi connectivity index (χ4n) is 10.4. The van der Waals surface area contributed by atoms with Crippen LogP contribution in [0.5, 0.6) is 0 Å². The van der Waals surface area contributed by atoms with E-state index in [9.17, 15) is 5.26 Å². The average molecular weight is 950 g/mol. The van der Waals surface area contributed by atoms with Gasteiger partial charge in [0.1, 0.15) is 11.6 Å². The molecule has 0 radical (unpaired) electrons. The Labute approximate surface area is 409 Å². The third kappa shape index (κ3) is 7.39. The van der Waals surface area contributed by atoms with Crippen molar-refractivity contribution in [2.75, 3.05) is 0 Å². The van der Waals surface area contributed by atoms with Gasteiger partial charge >= 0.3 is 12.4 Å². The Morgan fingerprint density at radius 3 is 0.986 bits per heavy atom. The molecule has 0 bridgehead atoms. The Balaban J connectivity index is 1.24. The SMILES string of the molecule is N#Cc1c(-n2c3ccc(-c4ccccc4)cc3c3cc(-c4ccccc4)ccc32)ccc(-c2c(C(F)(F)F)cccc2C(F)(F)F)c1-n1c2ccc(-c3ccccc3)cc2c2cc(-c3ccccc3)ccc21. The molecule has 10 aromatic carbocycles. The summed E-state index contributed by atoms with van der Waals surface area (Å²) in [7, 11) is 0. The number of hydrogen-bond donors (Lipinski definition) is 0. The van der Waals surface area contributed by atoms with E-state index in [1.807, 2.05) is 187 Å². The van der Waals surface area contributed by atoms with Gasteiger partial charge in [-0.25, -0.2) is 0 Å². The summed E-state index contributed by atoms with van der Waals surface area (Å²) in [5.74, 6) is 0. The van der Waals surface area contributed by atoms with E-state index in [1.165, 1.54) is 12.1 Å². The minimum Gasteiger partial charge on any atom is -0.308 e. The number of alkyl halides is 6. The number of benzene rings is 10. The average Bonchev–Trinajstić information content (AvgIpc) is 3.91. The van der Waals surface area contributed by atoms with Crippen LogP contribution in [0, 0.1) is 11.3 Å². The number of fused-ring (bicyclic) bond motifs is 6. The van der Waals surface area contributed by atoms with Gasteiger partial charge in [-0.1, -0.05) is 158 Å². The number of halogens is 6. The lowest BCUT2D eigenvalue weighted by atomic mass is 9.90. The van der Waals surface area contributed by atoms with Crippen molar-refractivity contribution in [3.63, 3.8) is 0 Å². The molecule has 2 aromatic heterocycles. The number of rotatable bonds is 7. The van der Waals surface area contributed by atoms with Gasteiger partial charge in [-0.05, 0) is 111 Å². The van der Waals surface area contributed by atoms with E-state index in [2.05, 4.69) is 18.2 Å². The summed E-state index contributed by atoms with van der Waals surface area (Å²) in [6.07, 6.45) is -10.4. The summed E-state index contributed by atoms with van der Waals surface area (Å²) < 4.78 is 95.9. The maximum absolute atomic E-state index is 15.4. The molecule has 0 aliphatic heterocycles. The third-order valence-electron chi connectivity index (χ3n) is 13.6. The van der Waals surface area contributed by atoms with Gasteiger partial charge in [-0.2, -0.15) is 31.6 Å². The monoisotopic (exact) mass is 949 g/mol. The highest BCUT2D eigenvalue weighted by Gasteiger charge is 2.42. The van der Waals surface area contributed by atoms with Crippen molar-refractivity contribution in [2.24, 2.45) is 0 Å². The molecule has 0 amide bonds. The van der Waals surface area contributed by atoms with E-state index in [-0.39, 0.29) is 16.9 Å². The normalized spacial score (nSPS) is 12.0. The molecular weight excluding hydrogens is 913 g/mol. The molecule has 0 unspecified atom stereocenters. The van der Waals surface area contributed by atoms with Gasteiger partial charge in [-0.15, -0.1) is 0 Å². The summed E-state index contributed by atoms with van der Waals surface area (Å²) in [6.45, 7) is 0. The molecular formula is C63H37F6N3. The largest absolute Gasteiger partial charge is 0.417 e.